The number of benzene rings is 5. The minimum Gasteiger partial charge on any atom is -0.926 e. The molecule has 25 atom stereocenters. The molecule has 0 amide bonds. The van der Waals surface area contributed by atoms with Gasteiger partial charge in [-0.1, -0.05) is 42.0 Å². The molecule has 5 aromatic rings. The molecule has 56 heteroatoms. The van der Waals surface area contributed by atoms with E-state index in [1.165, 1.54) is 24.3 Å². The number of aromatic hydroxyl groups is 4. The van der Waals surface area contributed by atoms with E-state index in [0.29, 0.717) is 32.1 Å². The molecule has 5 aromatic carbocycles. The second kappa shape index (κ2) is 66.1. The first kappa shape index (κ1) is 134. The number of hydrogen-bond donors (Lipinski definition) is 27. The van der Waals surface area contributed by atoms with Gasteiger partial charge in [0.25, 0.3) is 11.9 Å². The van der Waals surface area contributed by atoms with E-state index < -0.39 is 262 Å². The number of aliphatic hydroxyl groups excluding tert-OH is 20. The van der Waals surface area contributed by atoms with E-state index in [2.05, 4.69) is 17.0 Å². The van der Waals surface area contributed by atoms with Crippen LogP contribution in [0.1, 0.15) is 106 Å². The van der Waals surface area contributed by atoms with Crippen LogP contribution in [0.2, 0.25) is 0 Å². The number of rotatable bonds is 32. The Bertz CT molecular complexity index is 4120. The van der Waals surface area contributed by atoms with Gasteiger partial charge in [-0.2, -0.15) is 17.4 Å². The van der Waals surface area contributed by atoms with Gasteiger partial charge in [0.15, 0.2) is 34.5 Å². The summed E-state index contributed by atoms with van der Waals surface area (Å²) < 4.78 is 76.9. The van der Waals surface area contributed by atoms with Gasteiger partial charge in [-0.25, -0.2) is 0 Å². The summed E-state index contributed by atoms with van der Waals surface area (Å²) in [5, 5.41) is 266. The van der Waals surface area contributed by atoms with Crippen molar-refractivity contribution in [1.82, 2.24) is 0 Å². The molecule has 0 spiro atoms. The summed E-state index contributed by atoms with van der Waals surface area (Å²) in [6.45, 7) is 5.78. The average Bonchev–Trinajstić information content (AvgIpc) is 0.687. The number of anilines is 1. The average molecular weight is 2040 g/mol. The zero-order chi connectivity index (χ0) is 96.8. The van der Waals surface area contributed by atoms with Gasteiger partial charge < -0.3 is 220 Å². The van der Waals surface area contributed by atoms with Crippen molar-refractivity contribution in [2.45, 2.75) is 260 Å². The molecule has 5 saturated heterocycles. The van der Waals surface area contributed by atoms with E-state index in [-0.39, 0.29) is 270 Å². The summed E-state index contributed by atoms with van der Waals surface area (Å²) in [4.78, 5) is 62.1. The molecule has 5 fully saturated rings. The molecule has 5 aliphatic heterocycles. The van der Waals surface area contributed by atoms with Crippen LogP contribution in [-0.2, 0) is 47.7 Å². The topological polar surface area (TPSA) is 883 Å². The monoisotopic (exact) mass is 2040 g/mol. The predicted octanol–water partition coefficient (Wildman–Crippen LogP) is -18.2. The van der Waals surface area contributed by atoms with Crippen LogP contribution in [0, 0.1) is 12.1 Å². The maximum Gasteiger partial charge on any atom is 1.00 e. The number of esters is 5. The van der Waals surface area contributed by atoms with Crippen LogP contribution in [0.3, 0.4) is 0 Å². The molecule has 30 N–H and O–H groups in total. The first-order valence-electron chi connectivity index (χ1n) is 40.1. The van der Waals surface area contributed by atoms with Gasteiger partial charge in [0.2, 0.25) is 42.9 Å². The number of carbonyl (C=O) groups is 5. The summed E-state index contributed by atoms with van der Waals surface area (Å²) in [6.07, 6.45) is -34.3. The Morgan fingerprint density at radius 2 is 0.569 bits per heavy atom. The zero-order valence-electron chi connectivity index (χ0n) is 74.9. The van der Waals surface area contributed by atoms with Gasteiger partial charge in [0.05, 0.1) is 33.0 Å². The van der Waals surface area contributed by atoms with Crippen LogP contribution in [0.5, 0.6) is 97.7 Å². The van der Waals surface area contributed by atoms with Gasteiger partial charge in [0.1, 0.15) is 145 Å². The van der Waals surface area contributed by atoms with Crippen LogP contribution in [-0.4, -0.2) is 355 Å². The minimum absolute atomic E-state index is 0. The number of phenols is 4. The molecule has 0 aromatic heterocycles. The molecule has 0 aliphatic carbocycles. The first-order valence-corrected chi connectivity index (χ1v) is 40.1. The van der Waals surface area contributed by atoms with Crippen molar-refractivity contribution >= 4 is 35.5 Å². The molecule has 25 unspecified atom stereocenters. The van der Waals surface area contributed by atoms with E-state index in [9.17, 15) is 142 Å². The molecule has 5 heterocycles. The molecule has 10 rings (SSSR count). The third kappa shape index (κ3) is 38.5. The minimum atomic E-state index is -1.71. The van der Waals surface area contributed by atoms with Crippen molar-refractivity contribution in [2.75, 3.05) is 38.5 Å². The van der Waals surface area contributed by atoms with Crippen LogP contribution >= 0.6 is 0 Å². The Balaban J connectivity index is 0. The van der Waals surface area contributed by atoms with E-state index in [1.54, 1.807) is 20.8 Å². The fraction of sp³-hybridized carbons (Fsp3) is 0.568. The van der Waals surface area contributed by atoms with Crippen molar-refractivity contribution in [1.29, 1.82) is 0 Å². The Labute approximate surface area is 911 Å². The second-order valence-electron chi connectivity index (χ2n) is 28.9. The van der Waals surface area contributed by atoms with E-state index >= 15 is 0 Å². The van der Waals surface area contributed by atoms with Gasteiger partial charge in [-0.15, -0.1) is 36.4 Å². The maximum atomic E-state index is 12.0. The Hall–Kier alpha value is -5.04. The molecule has 137 heavy (non-hydrogen) atoms. The normalized spacial score (nSPS) is 27.1. The molecule has 0 radical (unpaired) electrons. The van der Waals surface area contributed by atoms with E-state index in [0.717, 1.165) is 36.4 Å². The summed E-state index contributed by atoms with van der Waals surface area (Å²) in [6, 6.07) is 15.9. The van der Waals surface area contributed by atoms with Gasteiger partial charge in [-0.05, 0) is 43.6 Å². The standard InChI is InChI=1S/C16H24N2O10.2C16H22O10.2C16H21O9.CH4.2K.2Na.2H2O/c1-2-3-11(20)25-7-4-8(18-24)15(9(5-7)28-17)27-16-14(23)13(22)12(21)10(6-19)26-16;2*1-2-3-11(20)24-7-4-8(18)15(9(19)5-7)26-16-14(23)13(22)12(21)10(6-17)25-16;2*1-2-3-12(19)23-8-4-5-10(9(18)6-8)24-16-15(22)14(21)13(20)11(7-17)25-16;;;;;;;/h4-5,10,12-14,16,18-19,21-24H,2-3,6,17H2,1H3;2*4-5,10,12-14,16-19,21-23H,2-3,6H2,1H3;2*4,6,11,13-18,20-22H,2-3,7H2,1H3;1H4;;;;;2*1H2/q;;;2*-1;;4*+1;;/p-4. The maximum absolute atomic E-state index is 12.0. The van der Waals surface area contributed by atoms with Crippen LogP contribution in [0.25, 0.3) is 0 Å². The van der Waals surface area contributed by atoms with Gasteiger partial charge in [-0.3, -0.25) is 34.7 Å². The van der Waals surface area contributed by atoms with Crippen LogP contribution in [0.15, 0.2) is 60.7 Å². The Morgan fingerprint density at radius 1 is 0.350 bits per heavy atom. The largest absolute Gasteiger partial charge is 1.00 e. The van der Waals surface area contributed by atoms with Crippen molar-refractivity contribution in [3.8, 4) is 97.7 Å². The second-order valence-corrected chi connectivity index (χ2v) is 28.9. The van der Waals surface area contributed by atoms with E-state index in [1.807, 2.05) is 19.3 Å². The SMILES string of the molecule is C.CCCC(=O)Oc1c[c-]c(OC2OC(CO)C(O)C(O)C2O)c([O-])c1.CCCC(=O)Oc1c[c-]c(OC2OC(CO)C(O)C(O)C2O)c([O-])c1.CCCC(=O)Oc1cc(NO)c(OC2OC(CO)C(O)C(O)C2O)c(ON)c1.CCCC(=O)Oc1cc(O)c(OC2OC(CO)C(O)C(O)C2O)c(O)c1.CCCC(=O)Oc1cc(O)c(OC2OC(CO)C(O)C(O)C2O)c(O)c1.[K+].[K+].[Na+].[Na+].[OH-].[OH-]. The predicted molar refractivity (Wildman–Crippen MR) is 431 cm³/mol. The molecule has 5 aliphatic rings. The Morgan fingerprint density at radius 3 is 0.781 bits per heavy atom. The summed E-state index contributed by atoms with van der Waals surface area (Å²) in [7, 11) is 0. The smallest absolute Gasteiger partial charge is 0.926 e. The number of hydrogen-bond acceptors (Lipinski definition) is 52. The summed E-state index contributed by atoms with van der Waals surface area (Å²) in [5.74, 6) is -3.50. The molecular formula is C81H114K2N2Na2O50-2. The number of ether oxygens (including phenoxy) is 15. The van der Waals surface area contributed by atoms with Crippen molar-refractivity contribution in [2.24, 2.45) is 5.90 Å². The number of phenolic OH excluding ortho intramolecular Hbond substituents is 4. The fourth-order valence-corrected chi connectivity index (χ4v) is 12.0. The van der Waals surface area contributed by atoms with Crippen molar-refractivity contribution in [3.05, 3.63) is 72.8 Å². The first-order chi connectivity index (χ1) is 61.6. The quantitative estimate of drug-likeness (QED) is 0.00625. The summed E-state index contributed by atoms with van der Waals surface area (Å²) >= 11 is 0. The molecule has 52 nitrogen and oxygen atoms in total. The van der Waals surface area contributed by atoms with Crippen LogP contribution in [0.4, 0.5) is 5.69 Å². The van der Waals surface area contributed by atoms with Crippen molar-refractivity contribution in [3.63, 3.8) is 0 Å². The molecular weight excluding hydrogens is 1930 g/mol. The number of nitrogens with two attached hydrogens (primary N) is 1. The van der Waals surface area contributed by atoms with Crippen molar-refractivity contribution < 1.29 is 411 Å². The zero-order valence-corrected chi connectivity index (χ0v) is 85.1. The number of nitrogens with one attached hydrogen (secondary N) is 1. The van der Waals surface area contributed by atoms with Crippen LogP contribution < -0.4 is 236 Å². The molecule has 0 bridgehead atoms. The van der Waals surface area contributed by atoms with Gasteiger partial charge in [0, 0.05) is 80.0 Å². The Kier molecular flexibility index (Phi) is 64.6. The molecule has 0 saturated carbocycles. The fourth-order valence-electron chi connectivity index (χ4n) is 12.0. The summed E-state index contributed by atoms with van der Waals surface area (Å²) in [5.41, 5.74) is 1.66. The number of aliphatic hydroxyl groups is 20. The van der Waals surface area contributed by atoms with E-state index in [4.69, 9.17) is 97.4 Å². The third-order valence-corrected chi connectivity index (χ3v) is 18.8. The number of carbonyl (C=O) groups excluding carboxylic acids is 5. The molecule has 754 valence electrons. The van der Waals surface area contributed by atoms with Gasteiger partial charge >= 0.3 is 180 Å². The third-order valence-electron chi connectivity index (χ3n) is 18.8.